The molecule has 1 unspecified atom stereocenters. The number of benzene rings is 1. The fraction of sp³-hybridized carbons (Fsp3) is 0.619. The van der Waals surface area contributed by atoms with E-state index < -0.39 is 50.4 Å². The molecule has 1 amide bonds. The van der Waals surface area contributed by atoms with Gasteiger partial charge in [0.15, 0.2) is 16.4 Å². The van der Waals surface area contributed by atoms with Crippen molar-refractivity contribution in [1.82, 2.24) is 9.62 Å². The zero-order valence-corrected chi connectivity index (χ0v) is 20.0. The summed E-state index contributed by atoms with van der Waals surface area (Å²) in [5.74, 6) is -1.35. The van der Waals surface area contributed by atoms with Crippen LogP contribution in [-0.2, 0) is 34.2 Å². The smallest absolute Gasteiger partial charge is 0.324 e. The van der Waals surface area contributed by atoms with E-state index in [1.807, 2.05) is 6.92 Å². The minimum Gasteiger partial charge on any atom is -0.454 e. The number of esters is 1. The van der Waals surface area contributed by atoms with Crippen LogP contribution in [-0.4, -0.2) is 69.9 Å². The van der Waals surface area contributed by atoms with Gasteiger partial charge >= 0.3 is 5.97 Å². The fourth-order valence-corrected chi connectivity index (χ4v) is 7.18. The molecule has 32 heavy (non-hydrogen) atoms. The third-order valence-corrected chi connectivity index (χ3v) is 9.27. The first-order valence-corrected chi connectivity index (χ1v) is 14.1. The minimum atomic E-state index is -3.93. The van der Waals surface area contributed by atoms with Crippen molar-refractivity contribution >= 4 is 31.7 Å². The maximum Gasteiger partial charge on any atom is 0.324 e. The number of sulfonamides is 1. The first kappa shape index (κ1) is 24.7. The van der Waals surface area contributed by atoms with Crippen LogP contribution in [0.2, 0.25) is 0 Å². The molecule has 2 aliphatic rings. The first-order valence-electron chi connectivity index (χ1n) is 10.8. The number of hydrogen-bond acceptors (Lipinski definition) is 7. The first-order chi connectivity index (χ1) is 15.0. The van der Waals surface area contributed by atoms with E-state index >= 15 is 0 Å². The van der Waals surface area contributed by atoms with Crippen molar-refractivity contribution in [2.45, 2.75) is 69.0 Å². The molecule has 2 atom stereocenters. The summed E-state index contributed by atoms with van der Waals surface area (Å²) in [5.41, 5.74) is 0.900. The number of aryl methyl sites for hydroxylation is 1. The van der Waals surface area contributed by atoms with Crippen LogP contribution in [0, 0.1) is 6.92 Å². The van der Waals surface area contributed by atoms with E-state index in [1.54, 1.807) is 17.0 Å². The number of carbonyl (C=O) groups excluding carboxylic acids is 2. The predicted molar refractivity (Wildman–Crippen MR) is 118 cm³/mol. The minimum absolute atomic E-state index is 0.0219. The second-order valence-corrected chi connectivity index (χ2v) is 12.5. The molecule has 1 aromatic rings. The van der Waals surface area contributed by atoms with E-state index in [9.17, 15) is 26.4 Å². The van der Waals surface area contributed by atoms with Crippen LogP contribution in [0.1, 0.15) is 44.6 Å². The summed E-state index contributed by atoms with van der Waals surface area (Å²) in [6.45, 7) is 2.62. The largest absolute Gasteiger partial charge is 0.454 e. The highest BCUT2D eigenvalue weighted by molar-refractivity contribution is 7.91. The molecule has 1 N–H and O–H groups in total. The van der Waals surface area contributed by atoms with Gasteiger partial charge < -0.3 is 9.64 Å². The number of carbonyl (C=O) groups is 2. The molecule has 9 nitrogen and oxygen atoms in total. The molecule has 0 bridgehead atoms. The van der Waals surface area contributed by atoms with Crippen LogP contribution >= 0.6 is 0 Å². The van der Waals surface area contributed by atoms with Gasteiger partial charge in [-0.25, -0.2) is 16.8 Å². The standard InChI is InChI=1S/C21H30N2O7S2/c1-15-7-9-19(10-8-15)32(28,29)22-16(2)21(25)30-13-20(24)23(17-5-3-4-6-17)18-11-12-31(26,27)14-18/h7-10,16-18,22H,3-6,11-14H2,1-2H3/t16-,18?/m0/s1. The normalized spacial score (nSPS) is 21.9. The lowest BCUT2D eigenvalue weighted by Gasteiger charge is -2.34. The van der Waals surface area contributed by atoms with E-state index in [4.69, 9.17) is 4.74 Å². The Morgan fingerprint density at radius 1 is 1.12 bits per heavy atom. The third kappa shape index (κ3) is 6.08. The summed E-state index contributed by atoms with van der Waals surface area (Å²) in [6, 6.07) is 4.52. The molecule has 1 heterocycles. The van der Waals surface area contributed by atoms with Crippen LogP contribution in [0.4, 0.5) is 0 Å². The Morgan fingerprint density at radius 3 is 2.31 bits per heavy atom. The number of ether oxygens (including phenoxy) is 1. The van der Waals surface area contributed by atoms with E-state index in [0.29, 0.717) is 6.42 Å². The zero-order valence-electron chi connectivity index (χ0n) is 18.3. The second-order valence-electron chi connectivity index (χ2n) is 8.56. The molecular weight excluding hydrogens is 456 g/mol. The Labute approximate surface area is 189 Å². The van der Waals surface area contributed by atoms with Gasteiger partial charge in [0.05, 0.1) is 16.4 Å². The quantitative estimate of drug-likeness (QED) is 0.546. The van der Waals surface area contributed by atoms with Gasteiger partial charge in [-0.3, -0.25) is 9.59 Å². The Hall–Kier alpha value is -1.98. The summed E-state index contributed by atoms with van der Waals surface area (Å²) >= 11 is 0. The van der Waals surface area contributed by atoms with E-state index in [-0.39, 0.29) is 22.4 Å². The Kier molecular flexibility index (Phi) is 7.61. The highest BCUT2D eigenvalue weighted by Crippen LogP contribution is 2.29. The molecule has 0 spiro atoms. The number of hydrogen-bond donors (Lipinski definition) is 1. The third-order valence-electron chi connectivity index (χ3n) is 5.96. The Morgan fingerprint density at radius 2 is 1.75 bits per heavy atom. The van der Waals surface area contributed by atoms with Crippen LogP contribution in [0.5, 0.6) is 0 Å². The van der Waals surface area contributed by atoms with Gasteiger partial charge in [-0.15, -0.1) is 0 Å². The van der Waals surface area contributed by atoms with Gasteiger partial charge in [0, 0.05) is 12.1 Å². The summed E-state index contributed by atoms with van der Waals surface area (Å²) in [7, 11) is -7.10. The topological polar surface area (TPSA) is 127 Å². The van der Waals surface area contributed by atoms with Crippen molar-refractivity contribution in [3.8, 4) is 0 Å². The molecule has 3 rings (SSSR count). The molecule has 1 saturated carbocycles. The summed E-state index contributed by atoms with van der Waals surface area (Å²) in [5, 5.41) is 0. The average Bonchev–Trinajstić information content (AvgIpc) is 3.36. The van der Waals surface area contributed by atoms with Crippen molar-refractivity contribution in [2.75, 3.05) is 18.1 Å². The number of nitrogens with zero attached hydrogens (tertiary/aromatic N) is 1. The number of sulfone groups is 1. The SMILES string of the molecule is Cc1ccc(S(=O)(=O)N[C@@H](C)C(=O)OCC(=O)N(C2CCCC2)C2CCS(=O)(=O)C2)cc1. The molecular formula is C21H30N2O7S2. The molecule has 178 valence electrons. The van der Waals surface area contributed by atoms with Crippen LogP contribution in [0.3, 0.4) is 0 Å². The maximum absolute atomic E-state index is 12.9. The lowest BCUT2D eigenvalue weighted by Crippen LogP contribution is -2.49. The van der Waals surface area contributed by atoms with Crippen molar-refractivity contribution in [3.63, 3.8) is 0 Å². The number of amides is 1. The molecule has 2 fully saturated rings. The molecule has 1 aliphatic carbocycles. The fourth-order valence-electron chi connectivity index (χ4n) is 4.28. The van der Waals surface area contributed by atoms with Gasteiger partial charge in [0.25, 0.3) is 5.91 Å². The molecule has 1 saturated heterocycles. The molecule has 11 heteroatoms. The lowest BCUT2D eigenvalue weighted by molar-refractivity contribution is -0.155. The van der Waals surface area contributed by atoms with Gasteiger partial charge in [0.1, 0.15) is 6.04 Å². The van der Waals surface area contributed by atoms with Crippen molar-refractivity contribution in [1.29, 1.82) is 0 Å². The van der Waals surface area contributed by atoms with Gasteiger partial charge in [0.2, 0.25) is 10.0 Å². The summed E-state index contributed by atoms with van der Waals surface area (Å²) < 4.78 is 56.1. The highest BCUT2D eigenvalue weighted by atomic mass is 32.2. The molecule has 1 aliphatic heterocycles. The van der Waals surface area contributed by atoms with Crippen LogP contribution in [0.15, 0.2) is 29.2 Å². The van der Waals surface area contributed by atoms with Crippen LogP contribution < -0.4 is 4.72 Å². The van der Waals surface area contributed by atoms with E-state index in [1.165, 1.54) is 19.1 Å². The molecule has 0 aromatic heterocycles. The zero-order chi connectivity index (χ0) is 23.5. The predicted octanol–water partition coefficient (Wildman–Crippen LogP) is 1.16. The number of rotatable bonds is 8. The highest BCUT2D eigenvalue weighted by Gasteiger charge is 2.39. The summed E-state index contributed by atoms with van der Waals surface area (Å²) in [6.07, 6.45) is 3.90. The molecule has 1 aromatic carbocycles. The Bertz CT molecular complexity index is 1050. The average molecular weight is 487 g/mol. The lowest BCUT2D eigenvalue weighted by atomic mass is 10.1. The molecule has 0 radical (unpaired) electrons. The van der Waals surface area contributed by atoms with E-state index in [2.05, 4.69) is 4.72 Å². The van der Waals surface area contributed by atoms with Gasteiger partial charge in [-0.1, -0.05) is 30.5 Å². The van der Waals surface area contributed by atoms with Crippen molar-refractivity contribution < 1.29 is 31.2 Å². The maximum atomic E-state index is 12.9. The monoisotopic (exact) mass is 486 g/mol. The second kappa shape index (κ2) is 9.88. The van der Waals surface area contributed by atoms with Crippen molar-refractivity contribution in [2.24, 2.45) is 0 Å². The van der Waals surface area contributed by atoms with E-state index in [0.717, 1.165) is 31.2 Å². The van der Waals surface area contributed by atoms with Crippen molar-refractivity contribution in [3.05, 3.63) is 29.8 Å². The van der Waals surface area contributed by atoms with Gasteiger partial charge in [-0.05, 0) is 45.2 Å². The Balaban J connectivity index is 1.60. The van der Waals surface area contributed by atoms with Gasteiger partial charge in [-0.2, -0.15) is 4.72 Å². The summed E-state index contributed by atoms with van der Waals surface area (Å²) in [4.78, 5) is 26.9. The number of nitrogens with one attached hydrogen (secondary N) is 1. The van der Waals surface area contributed by atoms with Crippen LogP contribution in [0.25, 0.3) is 0 Å².